The molecule has 3 aliphatic rings. The molecule has 0 heterocycles. The molecule has 0 aromatic heterocycles. The highest BCUT2D eigenvalue weighted by Gasteiger charge is 2.68. The standard InChI is InChI=1S/C28H47NO4S.ClH/c1-8-26(6)17-22(33-23(31)18-34-16-15-29(9-2)10-3)27(7)19(4)11-13-28(20(5)25(26)32)14-12-21(30)24(27)28;/h8,19-20,22,24-25,32H,1,9-18H2,2-7H3;1H/t19-,20-,22+,24-,25-,26+,27+,28-;/m0./s1/i2D3,3D3,9D2,10D2;. The molecule has 35 heavy (non-hydrogen) atoms. The molecule has 3 aliphatic carbocycles. The molecule has 0 radical (unpaired) electrons. The fourth-order valence-electron chi connectivity index (χ4n) is 7.15. The van der Waals surface area contributed by atoms with Crippen molar-refractivity contribution in [3.8, 4) is 0 Å². The first-order valence-electron chi connectivity index (χ1n) is 17.2. The summed E-state index contributed by atoms with van der Waals surface area (Å²) in [7, 11) is 0. The topological polar surface area (TPSA) is 66.8 Å². The molecule has 3 saturated carbocycles. The first-order chi connectivity index (χ1) is 19.8. The molecule has 0 aliphatic heterocycles. The van der Waals surface area contributed by atoms with Crippen LogP contribution in [0.5, 0.6) is 0 Å². The molecule has 8 atom stereocenters. The molecule has 0 spiro atoms. The Morgan fingerprint density at radius 1 is 1.34 bits per heavy atom. The molecule has 3 fully saturated rings. The van der Waals surface area contributed by atoms with E-state index >= 15 is 0 Å². The van der Waals surface area contributed by atoms with Crippen LogP contribution in [0.4, 0.5) is 0 Å². The van der Waals surface area contributed by atoms with Gasteiger partial charge in [0.15, 0.2) is 0 Å². The zero-order chi connectivity index (χ0) is 33.9. The number of ether oxygens (including phenoxy) is 1. The predicted octanol–water partition coefficient (Wildman–Crippen LogP) is 5.39. The van der Waals surface area contributed by atoms with Crippen LogP contribution in [0, 0.1) is 34.0 Å². The van der Waals surface area contributed by atoms with Crippen molar-refractivity contribution in [1.82, 2.24) is 4.90 Å². The third-order valence-electron chi connectivity index (χ3n) is 9.52. The maximum atomic E-state index is 13.5. The van der Waals surface area contributed by atoms with E-state index in [1.54, 1.807) is 6.08 Å². The van der Waals surface area contributed by atoms with Crippen LogP contribution >= 0.6 is 24.2 Å². The third-order valence-corrected chi connectivity index (χ3v) is 10.4. The minimum atomic E-state index is -3.34. The normalized spacial score (nSPS) is 46.7. The lowest BCUT2D eigenvalue weighted by atomic mass is 9.44. The van der Waals surface area contributed by atoms with E-state index in [1.807, 2.05) is 20.8 Å². The van der Waals surface area contributed by atoms with Crippen molar-refractivity contribution in [1.29, 1.82) is 0 Å². The Labute approximate surface area is 237 Å². The van der Waals surface area contributed by atoms with Gasteiger partial charge in [0.05, 0.1) is 11.9 Å². The van der Waals surface area contributed by atoms with E-state index < -0.39 is 67.7 Å². The van der Waals surface area contributed by atoms with E-state index in [1.165, 1.54) is 0 Å². The van der Waals surface area contributed by atoms with Crippen LogP contribution in [-0.4, -0.2) is 65.0 Å². The molecule has 0 aromatic carbocycles. The minimum absolute atomic E-state index is 0. The van der Waals surface area contributed by atoms with Gasteiger partial charge in [0.2, 0.25) is 0 Å². The fraction of sp³-hybridized carbons (Fsp3) is 0.857. The Bertz CT molecular complexity index is 1100. The Kier molecular flexibility index (Phi) is 6.33. The summed E-state index contributed by atoms with van der Waals surface area (Å²) in [6.45, 7) is -1.90. The van der Waals surface area contributed by atoms with Crippen molar-refractivity contribution in [2.45, 2.75) is 85.7 Å². The molecule has 0 aromatic rings. The van der Waals surface area contributed by atoms with E-state index in [9.17, 15) is 14.7 Å². The number of halogens is 1. The van der Waals surface area contributed by atoms with Crippen LogP contribution in [0.1, 0.15) is 87.2 Å². The molecule has 0 saturated heterocycles. The van der Waals surface area contributed by atoms with Crippen LogP contribution in [0.25, 0.3) is 0 Å². The van der Waals surface area contributed by atoms with Crippen molar-refractivity contribution in [2.75, 3.05) is 31.0 Å². The van der Waals surface area contributed by atoms with Gasteiger partial charge in [0.25, 0.3) is 0 Å². The Morgan fingerprint density at radius 2 is 2.03 bits per heavy atom. The average molecular weight is 540 g/mol. The van der Waals surface area contributed by atoms with Crippen molar-refractivity contribution in [3.05, 3.63) is 12.7 Å². The number of esters is 1. The Balaban J connectivity index is 0.00000705. The summed E-state index contributed by atoms with van der Waals surface area (Å²) in [6.07, 6.45) is 3.12. The van der Waals surface area contributed by atoms with Gasteiger partial charge in [-0.05, 0) is 55.9 Å². The summed E-state index contributed by atoms with van der Waals surface area (Å²) in [6, 6.07) is 0. The highest BCUT2D eigenvalue weighted by Crippen LogP contribution is 2.67. The Morgan fingerprint density at radius 3 is 2.66 bits per heavy atom. The van der Waals surface area contributed by atoms with E-state index in [4.69, 9.17) is 18.4 Å². The number of carbonyl (C=O) groups excluding carboxylic acids is 2. The van der Waals surface area contributed by atoms with Gasteiger partial charge in [0, 0.05) is 49.2 Å². The smallest absolute Gasteiger partial charge is 0.316 e. The largest absolute Gasteiger partial charge is 0.461 e. The zero-order valence-electron chi connectivity index (χ0n) is 31.3. The summed E-state index contributed by atoms with van der Waals surface area (Å²) in [5, 5.41) is 11.6. The fourth-order valence-corrected chi connectivity index (χ4v) is 7.84. The number of aliphatic hydroxyl groups excluding tert-OH is 1. The summed E-state index contributed by atoms with van der Waals surface area (Å²) >= 11 is 0.936. The molecule has 5 nitrogen and oxygen atoms in total. The number of aliphatic hydroxyl groups is 1. The third kappa shape index (κ3) is 5.37. The van der Waals surface area contributed by atoms with Crippen LogP contribution < -0.4 is 0 Å². The van der Waals surface area contributed by atoms with Crippen LogP contribution in [0.2, 0.25) is 0 Å². The first kappa shape index (κ1) is 18.7. The minimum Gasteiger partial charge on any atom is -0.461 e. The maximum Gasteiger partial charge on any atom is 0.316 e. The number of Topliss-reactive ketones (excluding diaryl/α,β-unsaturated/α-hetero) is 1. The summed E-state index contributed by atoms with van der Waals surface area (Å²) in [5.41, 5.74) is -1.93. The van der Waals surface area contributed by atoms with E-state index in [2.05, 4.69) is 13.5 Å². The van der Waals surface area contributed by atoms with Gasteiger partial charge in [-0.2, -0.15) is 0 Å². The zero-order valence-corrected chi connectivity index (χ0v) is 22.9. The quantitative estimate of drug-likeness (QED) is 0.241. The van der Waals surface area contributed by atoms with Crippen molar-refractivity contribution in [2.24, 2.45) is 34.0 Å². The number of carbonyl (C=O) groups is 2. The van der Waals surface area contributed by atoms with Gasteiger partial charge < -0.3 is 14.7 Å². The number of hydrogen-bond acceptors (Lipinski definition) is 6. The van der Waals surface area contributed by atoms with Gasteiger partial charge >= 0.3 is 5.97 Å². The number of nitrogens with zero attached hydrogens (tertiary/aromatic N) is 1. The molecule has 202 valence electrons. The predicted molar refractivity (Wildman–Crippen MR) is 147 cm³/mol. The molecule has 7 heteroatoms. The van der Waals surface area contributed by atoms with Crippen LogP contribution in [0.15, 0.2) is 12.7 Å². The lowest BCUT2D eigenvalue weighted by Crippen LogP contribution is -2.63. The lowest BCUT2D eigenvalue weighted by molar-refractivity contribution is -0.205. The number of ketones is 1. The molecule has 3 rings (SSSR count). The summed E-state index contributed by atoms with van der Waals surface area (Å²) in [4.78, 5) is 27.0. The lowest BCUT2D eigenvalue weighted by Gasteiger charge is -2.61. The second kappa shape index (κ2) is 11.9. The molecule has 0 amide bonds. The number of hydrogen-bond donors (Lipinski definition) is 1. The molecule has 2 bridgehead atoms. The molecule has 0 unspecified atom stereocenters. The number of thioether (sulfide) groups is 1. The van der Waals surface area contributed by atoms with Crippen molar-refractivity contribution < 1.29 is 33.1 Å². The van der Waals surface area contributed by atoms with Gasteiger partial charge in [-0.25, -0.2) is 0 Å². The van der Waals surface area contributed by atoms with Gasteiger partial charge in [0.1, 0.15) is 11.9 Å². The highest BCUT2D eigenvalue weighted by atomic mass is 35.5. The second-order valence-electron chi connectivity index (χ2n) is 11.0. The van der Waals surface area contributed by atoms with Crippen LogP contribution in [0.3, 0.4) is 0 Å². The maximum absolute atomic E-state index is 13.5. The van der Waals surface area contributed by atoms with E-state index in [-0.39, 0.29) is 58.8 Å². The molecule has 1 N–H and O–H groups in total. The summed E-state index contributed by atoms with van der Waals surface area (Å²) < 4.78 is 83.6. The first-order valence-corrected chi connectivity index (χ1v) is 13.4. The second-order valence-corrected chi connectivity index (χ2v) is 12.1. The van der Waals surface area contributed by atoms with E-state index in [0.29, 0.717) is 12.8 Å². The number of rotatable bonds is 9. The van der Waals surface area contributed by atoms with Crippen LogP contribution in [-0.2, 0) is 14.3 Å². The van der Waals surface area contributed by atoms with Gasteiger partial charge in [-0.15, -0.1) is 30.7 Å². The average Bonchev–Trinajstić information content (AvgIpc) is 3.25. The summed E-state index contributed by atoms with van der Waals surface area (Å²) in [5.74, 6) is -1.43. The highest BCUT2D eigenvalue weighted by molar-refractivity contribution is 7.99. The SMILES string of the molecule is Cl.[2H]C([2H])([2H])C([2H])([2H])N(CCSCC(=O)O[C@@H]1C[C@@](C)(C=C)[C@@H](O)[C@H](C)[C@]23CCC(=O)[C@H]2[C@]1(C)[C@@H](C)CC3)C([2H])([2H])C([2H])([2H])[2H]. The van der Waals surface area contributed by atoms with Gasteiger partial charge in [-0.3, -0.25) is 9.59 Å². The Hall–Kier alpha value is -0.560. The molecular weight excluding hydrogens is 482 g/mol. The monoisotopic (exact) mass is 539 g/mol. The van der Waals surface area contributed by atoms with Crippen molar-refractivity contribution >= 4 is 35.9 Å². The van der Waals surface area contributed by atoms with Crippen molar-refractivity contribution in [3.63, 3.8) is 0 Å². The van der Waals surface area contributed by atoms with Gasteiger partial charge in [-0.1, -0.05) is 47.5 Å². The molecular formula is C28H48ClNO4S. The van der Waals surface area contributed by atoms with E-state index in [0.717, 1.165) is 24.6 Å².